The molecule has 0 atom stereocenters. The Morgan fingerprint density at radius 3 is 1.78 bits per heavy atom. The molecule has 0 saturated heterocycles. The zero-order chi connectivity index (χ0) is 33.7. The zero-order valence-corrected chi connectivity index (χ0v) is 27.5. The summed E-state index contributed by atoms with van der Waals surface area (Å²) in [5, 5.41) is 6.74. The first-order valence-electron chi connectivity index (χ1n) is 17.1. The Labute approximate surface area is 294 Å². The number of para-hydroxylation sites is 1. The molecule has 0 radical (unpaired) electrons. The van der Waals surface area contributed by atoms with Gasteiger partial charge >= 0.3 is 0 Å². The molecule has 0 spiro atoms. The van der Waals surface area contributed by atoms with Crippen molar-refractivity contribution in [1.29, 1.82) is 0 Å². The van der Waals surface area contributed by atoms with Crippen LogP contribution in [0.25, 0.3) is 99.9 Å². The third kappa shape index (κ3) is 5.13. The summed E-state index contributed by atoms with van der Waals surface area (Å²) in [7, 11) is 0. The summed E-state index contributed by atoms with van der Waals surface area (Å²) in [4.78, 5) is 15.6. The quantitative estimate of drug-likeness (QED) is 0.186. The summed E-state index contributed by atoms with van der Waals surface area (Å²) in [5.41, 5.74) is 8.99. The third-order valence-electron chi connectivity index (χ3n) is 9.70. The number of rotatable bonds is 5. The van der Waals surface area contributed by atoms with Crippen molar-refractivity contribution in [2.24, 2.45) is 0 Å². The van der Waals surface area contributed by atoms with Crippen molar-refractivity contribution in [3.05, 3.63) is 176 Å². The fourth-order valence-corrected chi connectivity index (χ4v) is 7.21. The van der Waals surface area contributed by atoms with E-state index in [0.717, 1.165) is 71.7 Å². The van der Waals surface area contributed by atoms with Crippen molar-refractivity contribution < 1.29 is 4.42 Å². The van der Waals surface area contributed by atoms with Crippen molar-refractivity contribution in [1.82, 2.24) is 15.0 Å². The Balaban J connectivity index is 1.21. The predicted octanol–water partition coefficient (Wildman–Crippen LogP) is 12.4. The second-order valence-electron chi connectivity index (χ2n) is 12.8. The molecule has 0 saturated carbocycles. The Bertz CT molecular complexity index is 2920. The van der Waals surface area contributed by atoms with E-state index in [9.17, 15) is 0 Å². The standard InChI is InChI=1S/C47H29N3O/c1-2-11-30(12-3-1)34-17-8-18-36(28-34)45-48-46(37-25-26-43-41(29-37)39-19-6-7-22-42(39)51-43)50-47(49-45)40-21-10-16-32-15-9-20-38(44(32)40)35-24-23-31-13-4-5-14-33(31)27-35/h1-29H. The van der Waals surface area contributed by atoms with Crippen molar-refractivity contribution in [2.45, 2.75) is 0 Å². The normalized spacial score (nSPS) is 11.5. The van der Waals surface area contributed by atoms with Crippen LogP contribution < -0.4 is 0 Å². The maximum absolute atomic E-state index is 6.16. The predicted molar refractivity (Wildman–Crippen MR) is 209 cm³/mol. The molecule has 51 heavy (non-hydrogen) atoms. The maximum atomic E-state index is 6.16. The van der Waals surface area contributed by atoms with Crippen LogP contribution in [0.4, 0.5) is 0 Å². The van der Waals surface area contributed by atoms with Crippen LogP contribution in [0.1, 0.15) is 0 Å². The van der Waals surface area contributed by atoms with Gasteiger partial charge in [0, 0.05) is 32.8 Å². The number of benzene rings is 8. The smallest absolute Gasteiger partial charge is 0.164 e. The summed E-state index contributed by atoms with van der Waals surface area (Å²) in [6, 6.07) is 61.2. The van der Waals surface area contributed by atoms with E-state index in [1.807, 2.05) is 36.4 Å². The number of nitrogens with zero attached hydrogens (tertiary/aromatic N) is 3. The van der Waals surface area contributed by atoms with E-state index < -0.39 is 0 Å². The van der Waals surface area contributed by atoms with Crippen LogP contribution in [0.2, 0.25) is 0 Å². The minimum absolute atomic E-state index is 0.604. The third-order valence-corrected chi connectivity index (χ3v) is 9.70. The topological polar surface area (TPSA) is 51.8 Å². The van der Waals surface area contributed by atoms with Gasteiger partial charge in [0.2, 0.25) is 0 Å². The van der Waals surface area contributed by atoms with Crippen molar-refractivity contribution in [3.8, 4) is 56.4 Å². The lowest BCUT2D eigenvalue weighted by atomic mass is 9.93. The van der Waals surface area contributed by atoms with E-state index in [1.54, 1.807) is 0 Å². The summed E-state index contributed by atoms with van der Waals surface area (Å²) in [5.74, 6) is 1.84. The van der Waals surface area contributed by atoms with Gasteiger partial charge in [-0.2, -0.15) is 0 Å². The number of fused-ring (bicyclic) bond motifs is 5. The highest BCUT2D eigenvalue weighted by molar-refractivity contribution is 6.07. The molecule has 0 aliphatic rings. The Kier molecular flexibility index (Phi) is 6.78. The molecular weight excluding hydrogens is 623 g/mol. The van der Waals surface area contributed by atoms with Gasteiger partial charge in [-0.3, -0.25) is 0 Å². The fourth-order valence-electron chi connectivity index (χ4n) is 7.21. The van der Waals surface area contributed by atoms with Gasteiger partial charge in [0.1, 0.15) is 11.2 Å². The van der Waals surface area contributed by atoms with E-state index in [2.05, 4.69) is 140 Å². The van der Waals surface area contributed by atoms with Gasteiger partial charge in [0.05, 0.1) is 0 Å². The lowest BCUT2D eigenvalue weighted by Gasteiger charge is -2.14. The van der Waals surface area contributed by atoms with Gasteiger partial charge in [-0.25, -0.2) is 15.0 Å². The van der Waals surface area contributed by atoms with Gasteiger partial charge in [-0.1, -0.05) is 140 Å². The molecule has 4 nitrogen and oxygen atoms in total. The first kappa shape index (κ1) is 29.0. The molecule has 0 bridgehead atoms. The number of aromatic nitrogens is 3. The highest BCUT2D eigenvalue weighted by Gasteiger charge is 2.18. The van der Waals surface area contributed by atoms with E-state index >= 15 is 0 Å². The zero-order valence-electron chi connectivity index (χ0n) is 27.5. The summed E-state index contributed by atoms with van der Waals surface area (Å²) in [6.45, 7) is 0. The van der Waals surface area contributed by atoms with Gasteiger partial charge < -0.3 is 4.42 Å². The van der Waals surface area contributed by atoms with Crippen LogP contribution in [0.15, 0.2) is 180 Å². The summed E-state index contributed by atoms with van der Waals surface area (Å²) < 4.78 is 6.16. The second-order valence-corrected chi connectivity index (χ2v) is 12.8. The first-order chi connectivity index (χ1) is 25.2. The van der Waals surface area contributed by atoms with Crippen LogP contribution in [-0.2, 0) is 0 Å². The minimum atomic E-state index is 0.604. The lowest BCUT2D eigenvalue weighted by Crippen LogP contribution is -2.01. The second kappa shape index (κ2) is 11.9. The first-order valence-corrected chi connectivity index (χ1v) is 17.1. The number of hydrogen-bond acceptors (Lipinski definition) is 4. The molecule has 10 rings (SSSR count). The average molecular weight is 652 g/mol. The molecule has 4 heteroatoms. The fraction of sp³-hybridized carbons (Fsp3) is 0. The highest BCUT2D eigenvalue weighted by Crippen LogP contribution is 2.38. The molecular formula is C47H29N3O. The molecule has 0 unspecified atom stereocenters. The van der Waals surface area contributed by atoms with Gasteiger partial charge in [-0.15, -0.1) is 0 Å². The van der Waals surface area contributed by atoms with E-state index in [-0.39, 0.29) is 0 Å². The van der Waals surface area contributed by atoms with Crippen molar-refractivity contribution in [2.75, 3.05) is 0 Å². The van der Waals surface area contributed by atoms with Crippen LogP contribution in [-0.4, -0.2) is 15.0 Å². The largest absolute Gasteiger partial charge is 0.456 e. The molecule has 0 aliphatic heterocycles. The van der Waals surface area contributed by atoms with E-state index in [0.29, 0.717) is 17.5 Å². The maximum Gasteiger partial charge on any atom is 0.164 e. The van der Waals surface area contributed by atoms with E-state index in [4.69, 9.17) is 19.4 Å². The van der Waals surface area contributed by atoms with E-state index in [1.165, 1.54) is 10.8 Å². The molecule has 10 aromatic rings. The van der Waals surface area contributed by atoms with Crippen LogP contribution in [0.3, 0.4) is 0 Å². The number of hydrogen-bond donors (Lipinski definition) is 0. The number of furan rings is 1. The molecule has 0 N–H and O–H groups in total. The SMILES string of the molecule is c1ccc(-c2cccc(-c3nc(-c4ccc5oc6ccccc6c5c4)nc(-c4cccc5cccc(-c6ccc7ccccc7c6)c45)n3)c2)cc1. The molecule has 2 aromatic heterocycles. The van der Waals surface area contributed by atoms with Crippen LogP contribution in [0, 0.1) is 0 Å². The Hall–Kier alpha value is -6.91. The lowest BCUT2D eigenvalue weighted by molar-refractivity contribution is 0.669. The van der Waals surface area contributed by atoms with Gasteiger partial charge in [0.25, 0.3) is 0 Å². The molecule has 0 aliphatic carbocycles. The van der Waals surface area contributed by atoms with Crippen molar-refractivity contribution >= 4 is 43.5 Å². The molecule has 8 aromatic carbocycles. The molecule has 0 amide bonds. The Morgan fingerprint density at radius 2 is 0.922 bits per heavy atom. The minimum Gasteiger partial charge on any atom is -0.456 e. The monoisotopic (exact) mass is 651 g/mol. The van der Waals surface area contributed by atoms with Gasteiger partial charge in [-0.05, 0) is 74.8 Å². The highest BCUT2D eigenvalue weighted by atomic mass is 16.3. The molecule has 0 fully saturated rings. The molecule has 238 valence electrons. The Morgan fingerprint density at radius 1 is 0.314 bits per heavy atom. The summed E-state index contributed by atoms with van der Waals surface area (Å²) >= 11 is 0. The van der Waals surface area contributed by atoms with Gasteiger partial charge in [0.15, 0.2) is 17.5 Å². The molecule has 2 heterocycles. The van der Waals surface area contributed by atoms with Crippen LogP contribution >= 0.6 is 0 Å². The van der Waals surface area contributed by atoms with Crippen molar-refractivity contribution in [3.63, 3.8) is 0 Å². The van der Waals surface area contributed by atoms with Crippen LogP contribution in [0.5, 0.6) is 0 Å². The summed E-state index contributed by atoms with van der Waals surface area (Å²) in [6.07, 6.45) is 0. The average Bonchev–Trinajstić information content (AvgIpc) is 3.58.